The minimum Gasteiger partial charge on any atom is -0.454 e. The Bertz CT molecular complexity index is 678. The standard InChI is InChI=1S/C15H16ClN3O2/c16-11-6-17-18(8-11)9-13-3-4-14(21-13)15(20)19-7-10-1-2-12(19)5-10/h3-4,6,8,10,12H,1-2,5,7,9H2/t10-,12-/m0/s1. The summed E-state index contributed by atoms with van der Waals surface area (Å²) >= 11 is 5.83. The third kappa shape index (κ3) is 2.35. The second kappa shape index (κ2) is 4.91. The molecule has 1 saturated heterocycles. The Morgan fingerprint density at radius 2 is 2.33 bits per heavy atom. The maximum Gasteiger partial charge on any atom is 0.289 e. The highest BCUT2D eigenvalue weighted by Crippen LogP contribution is 2.38. The van der Waals surface area contributed by atoms with Crippen LogP contribution in [0.15, 0.2) is 28.9 Å². The van der Waals surface area contributed by atoms with Gasteiger partial charge in [-0.15, -0.1) is 0 Å². The summed E-state index contributed by atoms with van der Waals surface area (Å²) in [5, 5.41) is 4.69. The molecule has 110 valence electrons. The smallest absolute Gasteiger partial charge is 0.289 e. The van der Waals surface area contributed by atoms with Crippen molar-refractivity contribution in [1.82, 2.24) is 14.7 Å². The van der Waals surface area contributed by atoms with E-state index in [1.165, 1.54) is 6.42 Å². The first-order valence-corrected chi connectivity index (χ1v) is 7.64. The molecule has 2 aromatic rings. The number of halogens is 1. The predicted octanol–water partition coefficient (Wildman–Crippen LogP) is 2.80. The molecule has 1 aliphatic carbocycles. The Morgan fingerprint density at radius 1 is 1.43 bits per heavy atom. The number of likely N-dealkylation sites (tertiary alicyclic amines) is 1. The number of amides is 1. The minimum absolute atomic E-state index is 0.0203. The Balaban J connectivity index is 1.48. The molecule has 2 fully saturated rings. The van der Waals surface area contributed by atoms with Crippen LogP contribution in [0.2, 0.25) is 5.02 Å². The number of rotatable bonds is 3. The summed E-state index contributed by atoms with van der Waals surface area (Å²) in [7, 11) is 0. The van der Waals surface area contributed by atoms with Gasteiger partial charge < -0.3 is 9.32 Å². The lowest BCUT2D eigenvalue weighted by Gasteiger charge is -2.25. The average Bonchev–Trinajstić information content (AvgIpc) is 3.22. The number of carbonyl (C=O) groups excluding carboxylic acids is 1. The number of nitrogens with zero attached hydrogens (tertiary/aromatic N) is 3. The molecule has 3 heterocycles. The summed E-state index contributed by atoms with van der Waals surface area (Å²) in [6.07, 6.45) is 6.86. The third-order valence-electron chi connectivity index (χ3n) is 4.46. The highest BCUT2D eigenvalue weighted by molar-refractivity contribution is 6.30. The van der Waals surface area contributed by atoms with Crippen molar-refractivity contribution in [3.63, 3.8) is 0 Å². The lowest BCUT2D eigenvalue weighted by Crippen LogP contribution is -2.37. The summed E-state index contributed by atoms with van der Waals surface area (Å²) in [5.74, 6) is 1.85. The van der Waals surface area contributed by atoms with E-state index in [9.17, 15) is 4.79 Å². The molecule has 1 aliphatic heterocycles. The van der Waals surface area contributed by atoms with Gasteiger partial charge >= 0.3 is 0 Å². The monoisotopic (exact) mass is 305 g/mol. The number of carbonyl (C=O) groups is 1. The van der Waals surface area contributed by atoms with Crippen molar-refractivity contribution in [2.75, 3.05) is 6.54 Å². The van der Waals surface area contributed by atoms with E-state index in [1.54, 1.807) is 23.1 Å². The van der Waals surface area contributed by atoms with Gasteiger partial charge in [-0.1, -0.05) is 11.6 Å². The molecule has 0 N–H and O–H groups in total. The molecular weight excluding hydrogens is 290 g/mol. The van der Waals surface area contributed by atoms with Gasteiger partial charge in [-0.25, -0.2) is 0 Å². The van der Waals surface area contributed by atoms with E-state index in [0.29, 0.717) is 35.0 Å². The second-order valence-electron chi connectivity index (χ2n) is 5.91. The molecule has 0 spiro atoms. The molecule has 2 atom stereocenters. The fourth-order valence-electron chi connectivity index (χ4n) is 3.48. The van der Waals surface area contributed by atoms with Crippen molar-refractivity contribution in [3.8, 4) is 0 Å². The molecule has 1 saturated carbocycles. The van der Waals surface area contributed by atoms with Crippen LogP contribution in [-0.2, 0) is 6.54 Å². The number of fused-ring (bicyclic) bond motifs is 2. The maximum atomic E-state index is 12.5. The Kier molecular flexibility index (Phi) is 3.03. The van der Waals surface area contributed by atoms with Crippen molar-refractivity contribution in [2.24, 2.45) is 5.92 Å². The minimum atomic E-state index is 0.0203. The Labute approximate surface area is 127 Å². The lowest BCUT2D eigenvalue weighted by molar-refractivity contribution is 0.0669. The van der Waals surface area contributed by atoms with Gasteiger partial charge in [0, 0.05) is 18.8 Å². The van der Waals surface area contributed by atoms with Gasteiger partial charge in [0.1, 0.15) is 5.76 Å². The Morgan fingerprint density at radius 3 is 3.00 bits per heavy atom. The molecule has 2 aliphatic rings. The lowest BCUT2D eigenvalue weighted by atomic mass is 10.1. The molecule has 1 amide bonds. The van der Waals surface area contributed by atoms with Crippen LogP contribution < -0.4 is 0 Å². The van der Waals surface area contributed by atoms with Crippen LogP contribution in [0.25, 0.3) is 0 Å². The molecule has 4 rings (SSSR count). The zero-order chi connectivity index (χ0) is 14.4. The van der Waals surface area contributed by atoms with E-state index in [1.807, 2.05) is 11.0 Å². The predicted molar refractivity (Wildman–Crippen MR) is 77.2 cm³/mol. The zero-order valence-corrected chi connectivity index (χ0v) is 12.3. The fourth-order valence-corrected chi connectivity index (χ4v) is 3.63. The molecular formula is C15H16ClN3O2. The van der Waals surface area contributed by atoms with Crippen LogP contribution in [0.5, 0.6) is 0 Å². The van der Waals surface area contributed by atoms with Crippen molar-refractivity contribution >= 4 is 17.5 Å². The van der Waals surface area contributed by atoms with E-state index in [2.05, 4.69) is 5.10 Å². The van der Waals surface area contributed by atoms with E-state index in [0.717, 1.165) is 19.4 Å². The number of hydrogen-bond acceptors (Lipinski definition) is 3. The van der Waals surface area contributed by atoms with E-state index < -0.39 is 0 Å². The first-order chi connectivity index (χ1) is 10.2. The summed E-state index contributed by atoms with van der Waals surface area (Å²) in [6.45, 7) is 1.36. The van der Waals surface area contributed by atoms with Gasteiger partial charge in [-0.2, -0.15) is 5.10 Å². The van der Waals surface area contributed by atoms with Crippen LogP contribution in [0, 0.1) is 5.92 Å². The Hall–Kier alpha value is -1.75. The van der Waals surface area contributed by atoms with Crippen molar-refractivity contribution in [1.29, 1.82) is 0 Å². The SMILES string of the molecule is O=C(c1ccc(Cn2cc(Cl)cn2)o1)N1C[C@H]2CC[C@H]1C2. The molecule has 2 aromatic heterocycles. The summed E-state index contributed by atoms with van der Waals surface area (Å²) in [5.41, 5.74) is 0. The highest BCUT2D eigenvalue weighted by atomic mass is 35.5. The molecule has 6 heteroatoms. The molecule has 0 radical (unpaired) electrons. The fraction of sp³-hybridized carbons (Fsp3) is 0.467. The summed E-state index contributed by atoms with van der Waals surface area (Å²) < 4.78 is 7.37. The van der Waals surface area contributed by atoms with Crippen molar-refractivity contribution in [2.45, 2.75) is 31.8 Å². The van der Waals surface area contributed by atoms with E-state index in [-0.39, 0.29) is 5.91 Å². The van der Waals surface area contributed by atoms with Crippen LogP contribution in [0.4, 0.5) is 0 Å². The van der Waals surface area contributed by atoms with Crippen molar-refractivity contribution in [3.05, 3.63) is 41.1 Å². The van der Waals surface area contributed by atoms with Crippen molar-refractivity contribution < 1.29 is 9.21 Å². The van der Waals surface area contributed by atoms with E-state index in [4.69, 9.17) is 16.0 Å². The van der Waals surface area contributed by atoms with Gasteiger partial charge in [0.25, 0.3) is 5.91 Å². The quantitative estimate of drug-likeness (QED) is 0.876. The molecule has 0 unspecified atom stereocenters. The number of furan rings is 1. The normalized spacial score (nSPS) is 24.0. The van der Waals surface area contributed by atoms with Gasteiger partial charge in [0.2, 0.25) is 0 Å². The number of piperidine rings is 1. The van der Waals surface area contributed by atoms with Crippen LogP contribution in [0.3, 0.4) is 0 Å². The maximum absolute atomic E-state index is 12.5. The summed E-state index contributed by atoms with van der Waals surface area (Å²) in [4.78, 5) is 14.5. The molecule has 2 bridgehead atoms. The van der Waals surface area contributed by atoms with Gasteiger partial charge in [0.15, 0.2) is 5.76 Å². The van der Waals surface area contributed by atoms with Gasteiger partial charge in [0.05, 0.1) is 17.8 Å². The zero-order valence-electron chi connectivity index (χ0n) is 11.5. The second-order valence-corrected chi connectivity index (χ2v) is 6.35. The van der Waals surface area contributed by atoms with Gasteiger partial charge in [-0.3, -0.25) is 9.48 Å². The molecule has 21 heavy (non-hydrogen) atoms. The summed E-state index contributed by atoms with van der Waals surface area (Å²) in [6, 6.07) is 4.01. The topological polar surface area (TPSA) is 51.3 Å². The van der Waals surface area contributed by atoms with E-state index >= 15 is 0 Å². The van der Waals surface area contributed by atoms with Crippen LogP contribution in [-0.4, -0.2) is 33.2 Å². The molecule has 0 aromatic carbocycles. The first-order valence-electron chi connectivity index (χ1n) is 7.26. The van der Waals surface area contributed by atoms with Crippen LogP contribution >= 0.6 is 11.6 Å². The number of hydrogen-bond donors (Lipinski definition) is 0. The molecule has 5 nitrogen and oxygen atoms in total. The third-order valence-corrected chi connectivity index (χ3v) is 4.66. The largest absolute Gasteiger partial charge is 0.454 e. The number of aromatic nitrogens is 2. The van der Waals surface area contributed by atoms with Crippen LogP contribution in [0.1, 0.15) is 35.6 Å². The first kappa shape index (κ1) is 13.0. The average molecular weight is 306 g/mol. The highest BCUT2D eigenvalue weighted by Gasteiger charge is 2.41. The van der Waals surface area contributed by atoms with Gasteiger partial charge in [-0.05, 0) is 37.3 Å².